The first-order valence-corrected chi connectivity index (χ1v) is 13.2. The molecule has 166 valence electrons. The number of halogens is 1. The fourth-order valence-corrected chi connectivity index (χ4v) is 7.31. The normalized spacial score (nSPS) is 19.1. The van der Waals surface area contributed by atoms with Gasteiger partial charge in [0.25, 0.3) is 5.91 Å². The summed E-state index contributed by atoms with van der Waals surface area (Å²) in [5.41, 5.74) is 1.86. The second kappa shape index (κ2) is 9.12. The minimum Gasteiger partial charge on any atom is -0.278 e. The topological polar surface area (TPSA) is 63.2 Å². The van der Waals surface area contributed by atoms with E-state index in [0.717, 1.165) is 53.2 Å². The number of carbonyl (C=O) groups is 2. The lowest BCUT2D eigenvalue weighted by atomic mass is 9.97. The first kappa shape index (κ1) is 21.9. The van der Waals surface area contributed by atoms with E-state index in [9.17, 15) is 9.59 Å². The third-order valence-corrected chi connectivity index (χ3v) is 8.80. The second-order valence-corrected chi connectivity index (χ2v) is 11.1. The Hall–Kier alpha value is -1.96. The van der Waals surface area contributed by atoms with Gasteiger partial charge in [-0.1, -0.05) is 29.8 Å². The van der Waals surface area contributed by atoms with Crippen molar-refractivity contribution < 1.29 is 9.59 Å². The molecule has 5 rings (SSSR count). The highest BCUT2D eigenvalue weighted by atomic mass is 35.5. The van der Waals surface area contributed by atoms with Crippen molar-refractivity contribution in [1.82, 2.24) is 14.9 Å². The lowest BCUT2D eigenvalue weighted by Crippen LogP contribution is -2.41. The number of imide groups is 1. The quantitative estimate of drug-likeness (QED) is 0.344. The highest BCUT2D eigenvalue weighted by Crippen LogP contribution is 2.41. The third-order valence-electron chi connectivity index (χ3n) is 6.12. The van der Waals surface area contributed by atoms with Crippen molar-refractivity contribution in [2.45, 2.75) is 62.1 Å². The molecule has 1 fully saturated rings. The number of nitrogens with zero attached hydrogens (tertiary/aromatic N) is 3. The number of thiophene rings is 1. The first-order chi connectivity index (χ1) is 15.5. The third kappa shape index (κ3) is 4.18. The van der Waals surface area contributed by atoms with Crippen molar-refractivity contribution in [3.63, 3.8) is 0 Å². The molecule has 2 amide bonds. The molecule has 0 spiro atoms. The minimum atomic E-state index is -0.328. The van der Waals surface area contributed by atoms with Gasteiger partial charge in [0.2, 0.25) is 5.91 Å². The largest absolute Gasteiger partial charge is 0.278 e. The molecule has 1 aromatic carbocycles. The number of rotatable bonds is 3. The summed E-state index contributed by atoms with van der Waals surface area (Å²) in [6.07, 6.45) is 7.02. The Kier molecular flexibility index (Phi) is 6.23. The summed E-state index contributed by atoms with van der Waals surface area (Å²) in [5, 5.41) is 2.27. The fraction of sp³-hybridized carbons (Fsp3) is 0.417. The van der Waals surface area contributed by atoms with Gasteiger partial charge in [0.1, 0.15) is 15.7 Å². The molecule has 1 atom stereocenters. The monoisotopic (exact) mass is 485 g/mol. The molecule has 8 heteroatoms. The van der Waals surface area contributed by atoms with Crippen LogP contribution in [0.3, 0.4) is 0 Å². The average molecular weight is 486 g/mol. The van der Waals surface area contributed by atoms with Crippen molar-refractivity contribution in [3.8, 4) is 0 Å². The average Bonchev–Trinajstić information content (AvgIpc) is 3.06. The van der Waals surface area contributed by atoms with E-state index in [1.165, 1.54) is 39.9 Å². The number of carbonyl (C=O) groups excluding carboxylic acids is 2. The van der Waals surface area contributed by atoms with Crippen LogP contribution in [0.25, 0.3) is 10.2 Å². The van der Waals surface area contributed by atoms with E-state index in [4.69, 9.17) is 21.6 Å². The zero-order chi connectivity index (χ0) is 22.2. The molecule has 0 N–H and O–H groups in total. The smallest absolute Gasteiger partial charge is 0.260 e. The summed E-state index contributed by atoms with van der Waals surface area (Å²) in [7, 11) is 0. The van der Waals surface area contributed by atoms with Crippen molar-refractivity contribution >= 4 is 56.7 Å². The summed E-state index contributed by atoms with van der Waals surface area (Å²) >= 11 is 9.26. The predicted octanol–water partition coefficient (Wildman–Crippen LogP) is 5.85. The molecule has 1 saturated heterocycles. The lowest BCUT2D eigenvalue weighted by Gasteiger charge is -2.22. The van der Waals surface area contributed by atoms with E-state index < -0.39 is 0 Å². The Balaban J connectivity index is 1.46. The molecule has 0 saturated carbocycles. The SMILES string of the molecule is Cc1nc(S[C@H]2CCCCN(C(=O)c3ccc(Cl)cc3)C2=O)c2c3c(sc2n1)CCCC3. The molecule has 1 aliphatic carbocycles. The van der Waals surface area contributed by atoms with Crippen LogP contribution in [-0.2, 0) is 17.6 Å². The van der Waals surface area contributed by atoms with Gasteiger partial charge in [-0.05, 0) is 75.3 Å². The van der Waals surface area contributed by atoms with Crippen LogP contribution < -0.4 is 0 Å². The van der Waals surface area contributed by atoms with Gasteiger partial charge in [-0.2, -0.15) is 0 Å². The van der Waals surface area contributed by atoms with E-state index in [1.807, 2.05) is 6.92 Å². The summed E-state index contributed by atoms with van der Waals surface area (Å²) in [4.78, 5) is 39.9. The molecule has 1 aliphatic heterocycles. The first-order valence-electron chi connectivity index (χ1n) is 11.1. The number of thioether (sulfide) groups is 1. The highest BCUT2D eigenvalue weighted by Gasteiger charge is 2.33. The van der Waals surface area contributed by atoms with Crippen LogP contribution in [0.1, 0.15) is 58.7 Å². The number of fused-ring (bicyclic) bond motifs is 3. The summed E-state index contributed by atoms with van der Waals surface area (Å²) in [6.45, 7) is 2.36. The Labute approximate surface area is 200 Å². The Morgan fingerprint density at radius 2 is 1.91 bits per heavy atom. The van der Waals surface area contributed by atoms with Crippen molar-refractivity contribution in [2.24, 2.45) is 0 Å². The number of hydrogen-bond donors (Lipinski definition) is 0. The van der Waals surface area contributed by atoms with Gasteiger partial charge in [0.05, 0.1) is 5.25 Å². The Morgan fingerprint density at radius 1 is 1.12 bits per heavy atom. The van der Waals surface area contributed by atoms with Crippen LogP contribution >= 0.6 is 34.7 Å². The molecule has 0 unspecified atom stereocenters. The Bertz CT molecular complexity index is 1190. The fourth-order valence-electron chi connectivity index (χ4n) is 4.51. The standard InChI is InChI=1S/C24H24ClN3O2S2/c1-14-26-21-20(17-6-2-3-7-18(17)31-21)22(27-14)32-19-8-4-5-13-28(24(19)30)23(29)15-9-11-16(25)12-10-15/h9-12,19H,2-8,13H2,1H3/t19-/m0/s1. The van der Waals surface area contributed by atoms with Gasteiger partial charge in [0, 0.05) is 27.4 Å². The summed E-state index contributed by atoms with van der Waals surface area (Å²) in [6, 6.07) is 6.73. The summed E-state index contributed by atoms with van der Waals surface area (Å²) in [5.74, 6) is 0.353. The van der Waals surface area contributed by atoms with Gasteiger partial charge < -0.3 is 0 Å². The van der Waals surface area contributed by atoms with E-state index in [2.05, 4.69) is 0 Å². The maximum atomic E-state index is 13.5. The molecule has 0 bridgehead atoms. The molecule has 2 aliphatic rings. The van der Waals surface area contributed by atoms with E-state index in [-0.39, 0.29) is 17.1 Å². The molecule has 32 heavy (non-hydrogen) atoms. The Morgan fingerprint density at radius 3 is 2.72 bits per heavy atom. The van der Waals surface area contributed by atoms with Gasteiger partial charge in [-0.3, -0.25) is 14.5 Å². The predicted molar refractivity (Wildman–Crippen MR) is 130 cm³/mol. The molecule has 2 aromatic heterocycles. The van der Waals surface area contributed by atoms with Crippen LogP contribution in [0.4, 0.5) is 0 Å². The maximum Gasteiger partial charge on any atom is 0.260 e. The van der Waals surface area contributed by atoms with Crippen LogP contribution in [-0.4, -0.2) is 38.5 Å². The molecular weight excluding hydrogens is 462 g/mol. The van der Waals surface area contributed by atoms with E-state index in [0.29, 0.717) is 17.1 Å². The molecule has 5 nitrogen and oxygen atoms in total. The molecule has 0 radical (unpaired) electrons. The van der Waals surface area contributed by atoms with Crippen LogP contribution in [0.2, 0.25) is 5.02 Å². The summed E-state index contributed by atoms with van der Waals surface area (Å²) < 4.78 is 0. The van der Waals surface area contributed by atoms with Crippen molar-refractivity contribution in [2.75, 3.05) is 6.54 Å². The van der Waals surface area contributed by atoms with Gasteiger partial charge >= 0.3 is 0 Å². The van der Waals surface area contributed by atoms with Crippen LogP contribution in [0.15, 0.2) is 29.3 Å². The van der Waals surface area contributed by atoms with Crippen LogP contribution in [0, 0.1) is 6.92 Å². The van der Waals surface area contributed by atoms with E-state index in [1.54, 1.807) is 35.6 Å². The number of likely N-dealkylation sites (tertiary alicyclic amines) is 1. The minimum absolute atomic E-state index is 0.124. The van der Waals surface area contributed by atoms with Gasteiger partial charge in [-0.25, -0.2) is 9.97 Å². The van der Waals surface area contributed by atoms with Gasteiger partial charge in [-0.15, -0.1) is 11.3 Å². The number of amides is 2. The zero-order valence-corrected chi connectivity index (χ0v) is 20.3. The second-order valence-electron chi connectivity index (χ2n) is 8.37. The molecule has 3 aromatic rings. The van der Waals surface area contributed by atoms with Crippen molar-refractivity contribution in [3.05, 3.63) is 51.1 Å². The highest BCUT2D eigenvalue weighted by molar-refractivity contribution is 8.00. The van der Waals surface area contributed by atoms with E-state index >= 15 is 0 Å². The number of hydrogen-bond acceptors (Lipinski definition) is 6. The van der Waals surface area contributed by atoms with Crippen molar-refractivity contribution in [1.29, 1.82) is 0 Å². The lowest BCUT2D eigenvalue weighted by molar-refractivity contribution is -0.127. The van der Waals surface area contributed by atoms with Crippen LogP contribution in [0.5, 0.6) is 0 Å². The molecule has 3 heterocycles. The number of aromatic nitrogens is 2. The van der Waals surface area contributed by atoms with Gasteiger partial charge in [0.15, 0.2) is 0 Å². The molecular formula is C24H24ClN3O2S2. The maximum absolute atomic E-state index is 13.5. The number of benzene rings is 1. The zero-order valence-electron chi connectivity index (χ0n) is 17.9. The number of aryl methyl sites for hydroxylation is 3.